The van der Waals surface area contributed by atoms with E-state index in [1.165, 1.54) is 22.3 Å². The Labute approximate surface area is 115 Å². The number of fused-ring (bicyclic) bond motifs is 2. The van der Waals surface area contributed by atoms with Crippen molar-refractivity contribution in [2.45, 2.75) is 39.0 Å². The van der Waals surface area contributed by atoms with Crippen LogP contribution < -0.4 is 0 Å². The molecule has 0 aliphatic heterocycles. The van der Waals surface area contributed by atoms with Gasteiger partial charge in [0.25, 0.3) is 0 Å². The number of allylic oxidation sites excluding steroid dienone is 4. The molecule has 1 unspecified atom stereocenters. The summed E-state index contributed by atoms with van der Waals surface area (Å²) in [6.07, 6.45) is 9.66. The minimum atomic E-state index is 0.307. The minimum Gasteiger partial charge on any atom is -0.300 e. The molecule has 2 aliphatic carbocycles. The topological polar surface area (TPSA) is 17.1 Å². The van der Waals surface area contributed by atoms with Crippen molar-refractivity contribution < 1.29 is 4.79 Å². The van der Waals surface area contributed by atoms with E-state index in [-0.39, 0.29) is 0 Å². The molecule has 1 nitrogen and oxygen atoms in total. The molecule has 0 bridgehead atoms. The maximum Gasteiger partial charge on any atom is 0.130 e. The Morgan fingerprint density at radius 2 is 2.11 bits per heavy atom. The maximum atomic E-state index is 11.5. The van der Waals surface area contributed by atoms with Crippen LogP contribution in [0.15, 0.2) is 42.0 Å². The average molecular weight is 252 g/mol. The van der Waals surface area contributed by atoms with Crippen LogP contribution in [0.5, 0.6) is 0 Å². The molecule has 0 N–H and O–H groups in total. The molecule has 2 aliphatic rings. The predicted octanol–water partition coefficient (Wildman–Crippen LogP) is 4.33. The van der Waals surface area contributed by atoms with Gasteiger partial charge in [-0.25, -0.2) is 0 Å². The molecule has 19 heavy (non-hydrogen) atoms. The van der Waals surface area contributed by atoms with E-state index in [1.807, 2.05) is 0 Å². The van der Waals surface area contributed by atoms with E-state index < -0.39 is 0 Å². The van der Waals surface area contributed by atoms with E-state index >= 15 is 0 Å². The monoisotopic (exact) mass is 252 g/mol. The second-order valence-corrected chi connectivity index (χ2v) is 5.67. The summed E-state index contributed by atoms with van der Waals surface area (Å²) < 4.78 is 0. The van der Waals surface area contributed by atoms with Gasteiger partial charge in [-0.05, 0) is 60.8 Å². The molecule has 0 fully saturated rings. The molecular formula is C18H20O. The first kappa shape index (κ1) is 12.4. The normalized spacial score (nSPS) is 21.6. The fraction of sp³-hybridized carbons (Fsp3) is 0.389. The molecule has 1 atom stereocenters. The van der Waals surface area contributed by atoms with Crippen molar-refractivity contribution in [1.82, 2.24) is 0 Å². The van der Waals surface area contributed by atoms with E-state index in [0.29, 0.717) is 18.1 Å². The molecule has 0 amide bonds. The zero-order valence-electron chi connectivity index (χ0n) is 11.5. The second kappa shape index (κ2) is 5.16. The number of carbonyl (C=O) groups is 1. The van der Waals surface area contributed by atoms with Crippen molar-refractivity contribution >= 4 is 11.4 Å². The molecule has 1 aromatic rings. The van der Waals surface area contributed by atoms with Crippen LogP contribution >= 0.6 is 0 Å². The molecule has 0 saturated heterocycles. The van der Waals surface area contributed by atoms with Crippen LogP contribution in [0.4, 0.5) is 0 Å². The highest BCUT2D eigenvalue weighted by Crippen LogP contribution is 2.40. The molecule has 0 aromatic heterocycles. The Balaban J connectivity index is 2.08. The first-order chi connectivity index (χ1) is 9.25. The number of hydrogen-bond donors (Lipinski definition) is 0. The van der Waals surface area contributed by atoms with Gasteiger partial charge in [0.05, 0.1) is 0 Å². The number of Topliss-reactive ketones (excluding diaryl/α,β-unsaturated/α-hetero) is 1. The third kappa shape index (κ3) is 2.42. The first-order valence-electron chi connectivity index (χ1n) is 7.23. The Morgan fingerprint density at radius 1 is 1.26 bits per heavy atom. The standard InChI is InChI=1S/C18H20O/c1-13(19)12-15-11-10-14-6-2-3-7-16(14)18-9-5-4-8-17(15)18/h2-4,6-8,15H,5,9-12H2,1H3. The van der Waals surface area contributed by atoms with E-state index in [1.54, 1.807) is 6.92 Å². The molecule has 0 saturated carbocycles. The summed E-state index contributed by atoms with van der Waals surface area (Å²) in [5.41, 5.74) is 5.79. The quantitative estimate of drug-likeness (QED) is 0.765. The van der Waals surface area contributed by atoms with Crippen LogP contribution in [-0.4, -0.2) is 5.78 Å². The number of carbonyl (C=O) groups excluding carboxylic acids is 1. The van der Waals surface area contributed by atoms with Crippen LogP contribution in [0.3, 0.4) is 0 Å². The fourth-order valence-electron chi connectivity index (χ4n) is 3.43. The van der Waals surface area contributed by atoms with Crippen LogP contribution in [0.2, 0.25) is 0 Å². The lowest BCUT2D eigenvalue weighted by molar-refractivity contribution is -0.117. The molecular weight excluding hydrogens is 232 g/mol. The number of benzene rings is 1. The lowest BCUT2D eigenvalue weighted by Crippen LogP contribution is -2.10. The highest BCUT2D eigenvalue weighted by Gasteiger charge is 2.25. The summed E-state index contributed by atoms with van der Waals surface area (Å²) in [5, 5.41) is 0. The second-order valence-electron chi connectivity index (χ2n) is 5.67. The van der Waals surface area contributed by atoms with Gasteiger partial charge in [-0.3, -0.25) is 0 Å². The first-order valence-corrected chi connectivity index (χ1v) is 7.23. The molecule has 0 radical (unpaired) electrons. The van der Waals surface area contributed by atoms with Gasteiger partial charge in [0, 0.05) is 6.42 Å². The number of ketones is 1. The SMILES string of the molecule is CC(=O)CC1CCc2ccccc2C2=C1C=CCC2. The zero-order chi connectivity index (χ0) is 13.2. The van der Waals surface area contributed by atoms with Crippen LogP contribution in [-0.2, 0) is 11.2 Å². The van der Waals surface area contributed by atoms with Gasteiger partial charge in [-0.15, -0.1) is 0 Å². The van der Waals surface area contributed by atoms with Gasteiger partial charge in [0.2, 0.25) is 0 Å². The lowest BCUT2D eigenvalue weighted by atomic mass is 9.83. The van der Waals surface area contributed by atoms with Crippen molar-refractivity contribution in [1.29, 1.82) is 0 Å². The van der Waals surface area contributed by atoms with Crippen LogP contribution in [0.25, 0.3) is 5.57 Å². The summed E-state index contributed by atoms with van der Waals surface area (Å²) in [6, 6.07) is 8.75. The van der Waals surface area contributed by atoms with Gasteiger partial charge in [0.1, 0.15) is 5.78 Å². The van der Waals surface area contributed by atoms with Crippen molar-refractivity contribution in [2.75, 3.05) is 0 Å². The molecule has 3 rings (SSSR count). The van der Waals surface area contributed by atoms with E-state index in [9.17, 15) is 4.79 Å². The third-order valence-corrected chi connectivity index (χ3v) is 4.29. The predicted molar refractivity (Wildman–Crippen MR) is 78.8 cm³/mol. The summed E-state index contributed by atoms with van der Waals surface area (Å²) in [5.74, 6) is 0.721. The number of hydrogen-bond acceptors (Lipinski definition) is 1. The number of rotatable bonds is 2. The Morgan fingerprint density at radius 3 is 2.95 bits per heavy atom. The molecule has 1 aromatic carbocycles. The molecule has 98 valence electrons. The van der Waals surface area contributed by atoms with Crippen molar-refractivity contribution in [2.24, 2.45) is 5.92 Å². The minimum absolute atomic E-state index is 0.307. The van der Waals surface area contributed by atoms with Gasteiger partial charge in [0.15, 0.2) is 0 Å². The average Bonchev–Trinajstić information content (AvgIpc) is 2.57. The smallest absolute Gasteiger partial charge is 0.130 e. The largest absolute Gasteiger partial charge is 0.300 e. The van der Waals surface area contributed by atoms with Gasteiger partial charge in [-0.1, -0.05) is 36.4 Å². The van der Waals surface area contributed by atoms with Crippen LogP contribution in [0, 0.1) is 5.92 Å². The van der Waals surface area contributed by atoms with Gasteiger partial charge < -0.3 is 4.79 Å². The highest BCUT2D eigenvalue weighted by atomic mass is 16.1. The summed E-state index contributed by atoms with van der Waals surface area (Å²) in [4.78, 5) is 11.5. The summed E-state index contributed by atoms with van der Waals surface area (Å²) in [7, 11) is 0. The molecule has 1 heteroatoms. The number of aryl methyl sites for hydroxylation is 1. The van der Waals surface area contributed by atoms with Crippen LogP contribution in [0.1, 0.15) is 43.7 Å². The maximum absolute atomic E-state index is 11.5. The Kier molecular flexibility index (Phi) is 3.37. The fourth-order valence-corrected chi connectivity index (χ4v) is 3.43. The zero-order valence-corrected chi connectivity index (χ0v) is 11.5. The van der Waals surface area contributed by atoms with Crippen molar-refractivity contribution in [3.05, 3.63) is 53.1 Å². The van der Waals surface area contributed by atoms with Gasteiger partial charge >= 0.3 is 0 Å². The third-order valence-electron chi connectivity index (χ3n) is 4.29. The molecule has 0 spiro atoms. The van der Waals surface area contributed by atoms with Crippen molar-refractivity contribution in [3.8, 4) is 0 Å². The van der Waals surface area contributed by atoms with Crippen molar-refractivity contribution in [3.63, 3.8) is 0 Å². The van der Waals surface area contributed by atoms with Gasteiger partial charge in [-0.2, -0.15) is 0 Å². The van der Waals surface area contributed by atoms with E-state index in [4.69, 9.17) is 0 Å². The molecule has 0 heterocycles. The highest BCUT2D eigenvalue weighted by molar-refractivity contribution is 5.79. The van der Waals surface area contributed by atoms with E-state index in [2.05, 4.69) is 36.4 Å². The van der Waals surface area contributed by atoms with E-state index in [0.717, 1.165) is 25.7 Å². The summed E-state index contributed by atoms with van der Waals surface area (Å²) >= 11 is 0. The Hall–Kier alpha value is -1.63. The lowest BCUT2D eigenvalue weighted by Gasteiger charge is -2.21. The Bertz CT molecular complexity index is 563. The summed E-state index contributed by atoms with van der Waals surface area (Å²) in [6.45, 7) is 1.71.